The lowest BCUT2D eigenvalue weighted by molar-refractivity contribution is 0.379. The summed E-state index contributed by atoms with van der Waals surface area (Å²) in [5, 5.41) is 5.39. The first-order chi connectivity index (χ1) is 10.1. The van der Waals surface area contributed by atoms with Crippen LogP contribution in [0, 0.1) is 5.92 Å². The summed E-state index contributed by atoms with van der Waals surface area (Å²) in [4.78, 5) is 0. The SMILES string of the molecule is CC1=C(C)C(C)C(C(NC(C)(C)C)c2ccccc2[SiH3])=C1C. The predicted molar refractivity (Wildman–Crippen MR) is 102 cm³/mol. The second kappa shape index (κ2) is 6.17. The average Bonchev–Trinajstić information content (AvgIpc) is 2.61. The van der Waals surface area contributed by atoms with Crippen LogP contribution in [0.5, 0.6) is 0 Å². The van der Waals surface area contributed by atoms with Gasteiger partial charge in [0.2, 0.25) is 0 Å². The Morgan fingerprint density at radius 2 is 1.64 bits per heavy atom. The molecule has 0 fully saturated rings. The molecule has 2 atom stereocenters. The number of benzene rings is 1. The fourth-order valence-electron chi connectivity index (χ4n) is 3.53. The maximum atomic E-state index is 3.89. The van der Waals surface area contributed by atoms with Gasteiger partial charge >= 0.3 is 0 Å². The standard InChI is InChI=1S/C20H31NSi/c1-12-13(2)15(4)18(14(12)3)19(21-20(5,6)7)16-10-8-9-11-17(16)22/h8-11,14,19,21H,1-7,22H3. The second-order valence-corrected chi connectivity index (χ2v) is 8.87. The summed E-state index contributed by atoms with van der Waals surface area (Å²) in [5.74, 6) is 0.529. The molecule has 1 aromatic carbocycles. The molecule has 2 rings (SSSR count). The van der Waals surface area contributed by atoms with Crippen LogP contribution in [0.25, 0.3) is 0 Å². The number of allylic oxidation sites excluding steroid dienone is 3. The van der Waals surface area contributed by atoms with E-state index >= 15 is 0 Å². The van der Waals surface area contributed by atoms with Gasteiger partial charge in [-0.1, -0.05) is 41.9 Å². The molecule has 1 nitrogen and oxygen atoms in total. The summed E-state index contributed by atoms with van der Waals surface area (Å²) >= 11 is 0. The van der Waals surface area contributed by atoms with Gasteiger partial charge < -0.3 is 5.32 Å². The minimum atomic E-state index is 0.0892. The lowest BCUT2D eigenvalue weighted by Crippen LogP contribution is -2.42. The molecule has 22 heavy (non-hydrogen) atoms. The van der Waals surface area contributed by atoms with Gasteiger partial charge in [0.1, 0.15) is 0 Å². The summed E-state index contributed by atoms with van der Waals surface area (Å²) in [5.41, 5.74) is 7.61. The molecule has 0 radical (unpaired) electrons. The topological polar surface area (TPSA) is 12.0 Å². The summed E-state index contributed by atoms with van der Waals surface area (Å²) in [6.45, 7) is 16.0. The molecule has 1 aliphatic rings. The maximum absolute atomic E-state index is 3.89. The first-order valence-corrected chi connectivity index (χ1v) is 9.35. The Labute approximate surface area is 139 Å². The molecule has 0 aromatic heterocycles. The molecule has 0 aliphatic heterocycles. The van der Waals surface area contributed by atoms with Gasteiger partial charge in [-0.15, -0.1) is 0 Å². The molecular weight excluding hydrogens is 282 g/mol. The quantitative estimate of drug-likeness (QED) is 0.843. The molecule has 2 heteroatoms. The minimum absolute atomic E-state index is 0.0892. The third-order valence-corrected chi connectivity index (χ3v) is 6.00. The smallest absolute Gasteiger partial charge is 0.0550 e. The summed E-state index contributed by atoms with van der Waals surface area (Å²) in [7, 11) is 1.09. The molecule has 1 N–H and O–H groups in total. The highest BCUT2D eigenvalue weighted by Crippen LogP contribution is 2.43. The van der Waals surface area contributed by atoms with Crippen LogP contribution in [0.2, 0.25) is 0 Å². The van der Waals surface area contributed by atoms with Crippen LogP contribution in [0.3, 0.4) is 0 Å². The van der Waals surface area contributed by atoms with Crippen molar-refractivity contribution in [3.05, 3.63) is 52.1 Å². The average molecular weight is 314 g/mol. The first kappa shape index (κ1) is 17.2. The summed E-state index contributed by atoms with van der Waals surface area (Å²) in [6, 6.07) is 9.24. The van der Waals surface area contributed by atoms with E-state index in [0.717, 1.165) is 10.2 Å². The van der Waals surface area contributed by atoms with Gasteiger partial charge in [0.15, 0.2) is 0 Å². The van der Waals surface area contributed by atoms with E-state index in [9.17, 15) is 0 Å². The van der Waals surface area contributed by atoms with E-state index in [2.05, 4.69) is 78.0 Å². The van der Waals surface area contributed by atoms with Gasteiger partial charge in [0, 0.05) is 21.7 Å². The van der Waals surface area contributed by atoms with E-state index in [4.69, 9.17) is 0 Å². The molecule has 2 unspecified atom stereocenters. The van der Waals surface area contributed by atoms with Crippen molar-refractivity contribution in [3.8, 4) is 0 Å². The molecule has 0 heterocycles. The fourth-order valence-corrected chi connectivity index (χ4v) is 4.18. The number of hydrogen-bond acceptors (Lipinski definition) is 1. The molecule has 0 saturated heterocycles. The van der Waals surface area contributed by atoms with Crippen LogP contribution in [-0.4, -0.2) is 15.8 Å². The minimum Gasteiger partial charge on any atom is -0.302 e. The molecule has 1 aliphatic carbocycles. The fraction of sp³-hybridized carbons (Fsp3) is 0.500. The van der Waals surface area contributed by atoms with Gasteiger partial charge in [-0.05, 0) is 63.8 Å². The largest absolute Gasteiger partial charge is 0.302 e. The van der Waals surface area contributed by atoms with Crippen molar-refractivity contribution in [2.24, 2.45) is 5.92 Å². The molecule has 120 valence electrons. The third-order valence-electron chi connectivity index (χ3n) is 5.09. The molecule has 0 amide bonds. The van der Waals surface area contributed by atoms with Crippen LogP contribution in [0.4, 0.5) is 0 Å². The van der Waals surface area contributed by atoms with Crippen molar-refractivity contribution in [2.45, 2.75) is 60.0 Å². The highest BCUT2D eigenvalue weighted by Gasteiger charge is 2.32. The number of hydrogen-bond donors (Lipinski definition) is 1. The van der Waals surface area contributed by atoms with Crippen LogP contribution in [-0.2, 0) is 0 Å². The predicted octanol–water partition coefficient (Wildman–Crippen LogP) is 3.41. The van der Waals surface area contributed by atoms with Crippen LogP contribution in [0.1, 0.15) is 60.1 Å². The highest BCUT2D eigenvalue weighted by molar-refractivity contribution is 6.33. The van der Waals surface area contributed by atoms with Gasteiger partial charge in [-0.25, -0.2) is 0 Å². The van der Waals surface area contributed by atoms with E-state index in [1.165, 1.54) is 27.5 Å². The molecular formula is C20H31NSi. The van der Waals surface area contributed by atoms with Crippen molar-refractivity contribution in [1.82, 2.24) is 5.32 Å². The molecule has 1 aromatic rings. The number of nitrogens with one attached hydrogen (secondary N) is 1. The zero-order valence-electron chi connectivity index (χ0n) is 15.5. The zero-order valence-corrected chi connectivity index (χ0v) is 17.5. The summed E-state index contributed by atoms with van der Waals surface area (Å²) < 4.78 is 0. The van der Waals surface area contributed by atoms with Crippen molar-refractivity contribution < 1.29 is 0 Å². The molecule has 0 saturated carbocycles. The third kappa shape index (κ3) is 3.28. The van der Waals surface area contributed by atoms with E-state index in [1.807, 2.05) is 0 Å². The Morgan fingerprint density at radius 3 is 2.09 bits per heavy atom. The van der Waals surface area contributed by atoms with Crippen molar-refractivity contribution in [1.29, 1.82) is 0 Å². The van der Waals surface area contributed by atoms with E-state index in [1.54, 1.807) is 5.57 Å². The Morgan fingerprint density at radius 1 is 1.05 bits per heavy atom. The van der Waals surface area contributed by atoms with Crippen molar-refractivity contribution in [3.63, 3.8) is 0 Å². The van der Waals surface area contributed by atoms with E-state index < -0.39 is 0 Å². The molecule has 0 spiro atoms. The lowest BCUT2D eigenvalue weighted by atomic mass is 9.86. The maximum Gasteiger partial charge on any atom is 0.0550 e. The van der Waals surface area contributed by atoms with Gasteiger partial charge in [0.05, 0.1) is 6.04 Å². The Bertz CT molecular complexity index is 631. The Balaban J connectivity index is 2.55. The van der Waals surface area contributed by atoms with E-state index in [-0.39, 0.29) is 5.54 Å². The van der Waals surface area contributed by atoms with Crippen molar-refractivity contribution in [2.75, 3.05) is 0 Å². The van der Waals surface area contributed by atoms with Crippen LogP contribution in [0.15, 0.2) is 46.6 Å². The van der Waals surface area contributed by atoms with Crippen LogP contribution >= 0.6 is 0 Å². The van der Waals surface area contributed by atoms with Gasteiger partial charge in [-0.2, -0.15) is 0 Å². The van der Waals surface area contributed by atoms with Crippen molar-refractivity contribution >= 4 is 15.4 Å². The number of rotatable bonds is 3. The zero-order chi connectivity index (χ0) is 16.7. The van der Waals surface area contributed by atoms with E-state index in [0.29, 0.717) is 12.0 Å². The summed E-state index contributed by atoms with van der Waals surface area (Å²) in [6.07, 6.45) is 0. The monoisotopic (exact) mass is 313 g/mol. The lowest BCUT2D eigenvalue weighted by Gasteiger charge is -2.33. The molecule has 0 bridgehead atoms. The second-order valence-electron chi connectivity index (χ2n) is 7.79. The normalized spacial score (nSPS) is 21.0. The Hall–Kier alpha value is -1.12. The Kier molecular flexibility index (Phi) is 4.83. The highest BCUT2D eigenvalue weighted by atomic mass is 28.1. The first-order valence-electron chi connectivity index (χ1n) is 8.35. The van der Waals surface area contributed by atoms with Gasteiger partial charge in [-0.3, -0.25) is 0 Å². The van der Waals surface area contributed by atoms with Gasteiger partial charge in [0.25, 0.3) is 0 Å². The van der Waals surface area contributed by atoms with Crippen LogP contribution < -0.4 is 10.5 Å².